The van der Waals surface area contributed by atoms with E-state index in [9.17, 15) is 18.8 Å². The Morgan fingerprint density at radius 3 is 2.75 bits per heavy atom. The van der Waals surface area contributed by atoms with Crippen molar-refractivity contribution in [3.8, 4) is 0 Å². The average Bonchev–Trinajstić information content (AvgIpc) is 3.19. The summed E-state index contributed by atoms with van der Waals surface area (Å²) in [6, 6.07) is 5.89. The summed E-state index contributed by atoms with van der Waals surface area (Å²) in [5.41, 5.74) is 0.763. The Labute approximate surface area is 165 Å². The molecule has 1 N–H and O–H groups in total. The Hall–Kier alpha value is -2.87. The molecule has 2 aliphatic rings. The molecule has 2 unspecified atom stereocenters. The molecule has 28 heavy (non-hydrogen) atoms. The quantitative estimate of drug-likeness (QED) is 0.799. The second kappa shape index (κ2) is 6.94. The zero-order valence-electron chi connectivity index (χ0n) is 15.1. The fourth-order valence-electron chi connectivity index (χ4n) is 3.75. The zero-order chi connectivity index (χ0) is 20.0. The average molecular weight is 405 g/mol. The molecule has 3 heterocycles. The van der Waals surface area contributed by atoms with Crippen molar-refractivity contribution in [2.75, 3.05) is 11.4 Å². The summed E-state index contributed by atoms with van der Waals surface area (Å²) < 4.78 is 15.1. The van der Waals surface area contributed by atoms with E-state index in [0.717, 1.165) is 11.0 Å². The molecule has 0 spiro atoms. The van der Waals surface area contributed by atoms with Gasteiger partial charge in [-0.15, -0.1) is 0 Å². The molecular formula is C19H18ClFN4O3. The summed E-state index contributed by atoms with van der Waals surface area (Å²) in [7, 11) is 1.78. The van der Waals surface area contributed by atoms with Crippen molar-refractivity contribution in [2.24, 2.45) is 7.05 Å². The fourth-order valence-corrected chi connectivity index (χ4v) is 3.92. The van der Waals surface area contributed by atoms with E-state index in [1.807, 2.05) is 0 Å². The molecule has 0 aliphatic carbocycles. The summed E-state index contributed by atoms with van der Waals surface area (Å²) in [6.45, 7) is 0.346. The topological polar surface area (TPSA) is 74.7 Å². The van der Waals surface area contributed by atoms with Crippen LogP contribution in [0.2, 0.25) is 5.02 Å². The predicted molar refractivity (Wildman–Crippen MR) is 101 cm³/mol. The number of nitrogens with one attached hydrogen (secondary N) is 1. The SMILES string of the molecule is Cn1cccc1C(=O)NC1CCN2C(=O)N(c3ccc(F)c(Cl)c3)C(=O)C2C1. The maximum Gasteiger partial charge on any atom is 0.332 e. The molecule has 1 aromatic carbocycles. The molecule has 2 saturated heterocycles. The highest BCUT2D eigenvalue weighted by Gasteiger charge is 2.48. The Kier molecular flexibility index (Phi) is 4.58. The molecule has 0 bridgehead atoms. The number of aryl methyl sites for hydroxylation is 1. The highest BCUT2D eigenvalue weighted by molar-refractivity contribution is 6.31. The Balaban J connectivity index is 1.50. The second-order valence-electron chi connectivity index (χ2n) is 6.96. The molecule has 146 valence electrons. The molecule has 1 aromatic heterocycles. The number of imide groups is 1. The van der Waals surface area contributed by atoms with E-state index >= 15 is 0 Å². The number of nitrogens with zero attached hydrogens (tertiary/aromatic N) is 3. The van der Waals surface area contributed by atoms with E-state index in [1.54, 1.807) is 29.9 Å². The van der Waals surface area contributed by atoms with Gasteiger partial charge in [-0.3, -0.25) is 9.59 Å². The van der Waals surface area contributed by atoms with E-state index in [0.29, 0.717) is 25.1 Å². The molecule has 2 atom stereocenters. The van der Waals surface area contributed by atoms with Gasteiger partial charge in [-0.2, -0.15) is 0 Å². The van der Waals surface area contributed by atoms with Gasteiger partial charge in [0.1, 0.15) is 17.6 Å². The van der Waals surface area contributed by atoms with E-state index in [4.69, 9.17) is 11.6 Å². The molecule has 0 radical (unpaired) electrons. The number of hydrogen-bond donors (Lipinski definition) is 1. The number of piperidine rings is 1. The van der Waals surface area contributed by atoms with Crippen LogP contribution in [0.4, 0.5) is 14.9 Å². The van der Waals surface area contributed by atoms with Crippen LogP contribution in [0.25, 0.3) is 0 Å². The molecule has 2 fully saturated rings. The lowest BCUT2D eigenvalue weighted by atomic mass is 9.98. The molecule has 7 nitrogen and oxygen atoms in total. The van der Waals surface area contributed by atoms with Crippen molar-refractivity contribution in [2.45, 2.75) is 24.9 Å². The van der Waals surface area contributed by atoms with Gasteiger partial charge in [0.15, 0.2) is 0 Å². The first-order valence-electron chi connectivity index (χ1n) is 8.88. The Morgan fingerprint density at radius 1 is 1.29 bits per heavy atom. The Morgan fingerprint density at radius 2 is 2.07 bits per heavy atom. The lowest BCUT2D eigenvalue weighted by Gasteiger charge is -2.32. The highest BCUT2D eigenvalue weighted by atomic mass is 35.5. The van der Waals surface area contributed by atoms with Crippen molar-refractivity contribution in [1.82, 2.24) is 14.8 Å². The van der Waals surface area contributed by atoms with Gasteiger partial charge >= 0.3 is 6.03 Å². The molecular weight excluding hydrogens is 387 g/mol. The first kappa shape index (κ1) is 18.5. The number of benzene rings is 1. The molecule has 9 heteroatoms. The first-order valence-corrected chi connectivity index (χ1v) is 9.26. The van der Waals surface area contributed by atoms with Crippen molar-refractivity contribution < 1.29 is 18.8 Å². The number of amides is 4. The predicted octanol–water partition coefficient (Wildman–Crippen LogP) is 2.55. The summed E-state index contributed by atoms with van der Waals surface area (Å²) in [4.78, 5) is 40.5. The summed E-state index contributed by atoms with van der Waals surface area (Å²) in [5, 5.41) is 2.79. The number of fused-ring (bicyclic) bond motifs is 1. The van der Waals surface area contributed by atoms with Crippen LogP contribution >= 0.6 is 11.6 Å². The van der Waals surface area contributed by atoms with E-state index < -0.39 is 23.8 Å². The van der Waals surface area contributed by atoms with E-state index in [1.165, 1.54) is 17.0 Å². The highest BCUT2D eigenvalue weighted by Crippen LogP contribution is 2.32. The molecule has 4 amide bonds. The minimum atomic E-state index is -0.663. The van der Waals surface area contributed by atoms with Gasteiger partial charge in [-0.05, 0) is 43.2 Å². The molecule has 2 aromatic rings. The van der Waals surface area contributed by atoms with Gasteiger partial charge in [0, 0.05) is 25.8 Å². The summed E-state index contributed by atoms with van der Waals surface area (Å²) in [6.07, 6.45) is 2.65. The van der Waals surface area contributed by atoms with Gasteiger partial charge in [-0.1, -0.05) is 11.6 Å². The number of rotatable bonds is 3. The minimum absolute atomic E-state index is 0.157. The van der Waals surface area contributed by atoms with Crippen LogP contribution in [0.5, 0.6) is 0 Å². The number of carbonyl (C=O) groups excluding carboxylic acids is 3. The number of hydrogen-bond acceptors (Lipinski definition) is 3. The monoisotopic (exact) mass is 404 g/mol. The van der Waals surface area contributed by atoms with Crippen molar-refractivity contribution in [3.05, 3.63) is 53.1 Å². The number of aromatic nitrogens is 1. The Bertz CT molecular complexity index is 976. The normalized spacial score (nSPS) is 21.8. The van der Waals surface area contributed by atoms with Gasteiger partial charge in [0.2, 0.25) is 0 Å². The van der Waals surface area contributed by atoms with Crippen LogP contribution < -0.4 is 10.2 Å². The third-order valence-electron chi connectivity index (χ3n) is 5.22. The molecule has 4 rings (SSSR count). The van der Waals surface area contributed by atoms with Crippen LogP contribution in [-0.4, -0.2) is 45.9 Å². The van der Waals surface area contributed by atoms with E-state index in [2.05, 4.69) is 5.32 Å². The van der Waals surface area contributed by atoms with Crippen LogP contribution in [0.3, 0.4) is 0 Å². The maximum atomic E-state index is 13.4. The van der Waals surface area contributed by atoms with Crippen LogP contribution in [0, 0.1) is 5.82 Å². The van der Waals surface area contributed by atoms with Crippen molar-refractivity contribution in [3.63, 3.8) is 0 Å². The fraction of sp³-hybridized carbons (Fsp3) is 0.316. The lowest BCUT2D eigenvalue weighted by Crippen LogP contribution is -2.50. The van der Waals surface area contributed by atoms with Gasteiger partial charge < -0.3 is 14.8 Å². The van der Waals surface area contributed by atoms with Gasteiger partial charge in [-0.25, -0.2) is 14.1 Å². The smallest absolute Gasteiger partial charge is 0.332 e. The summed E-state index contributed by atoms with van der Waals surface area (Å²) >= 11 is 5.80. The first-order chi connectivity index (χ1) is 13.4. The zero-order valence-corrected chi connectivity index (χ0v) is 15.8. The molecule has 0 saturated carbocycles. The summed E-state index contributed by atoms with van der Waals surface area (Å²) in [5.74, 6) is -1.24. The third kappa shape index (κ3) is 3.03. The minimum Gasteiger partial charge on any atom is -0.348 e. The van der Waals surface area contributed by atoms with Crippen molar-refractivity contribution >= 4 is 35.1 Å². The largest absolute Gasteiger partial charge is 0.348 e. The number of urea groups is 1. The van der Waals surface area contributed by atoms with Crippen molar-refractivity contribution in [1.29, 1.82) is 0 Å². The maximum absolute atomic E-state index is 13.4. The third-order valence-corrected chi connectivity index (χ3v) is 5.51. The number of carbonyl (C=O) groups is 3. The number of halogens is 2. The molecule has 2 aliphatic heterocycles. The van der Waals surface area contributed by atoms with Crippen LogP contribution in [-0.2, 0) is 11.8 Å². The van der Waals surface area contributed by atoms with E-state index in [-0.39, 0.29) is 22.7 Å². The second-order valence-corrected chi connectivity index (χ2v) is 7.37. The standard InChI is InChI=1S/C19H18ClFN4O3/c1-23-7-2-3-15(23)17(26)22-11-6-8-24-16(9-11)18(27)25(19(24)28)12-4-5-14(21)13(20)10-12/h2-5,7,10-11,16H,6,8-9H2,1H3,(H,22,26). The lowest BCUT2D eigenvalue weighted by molar-refractivity contribution is -0.120. The number of anilines is 1. The van der Waals surface area contributed by atoms with Gasteiger partial charge in [0.05, 0.1) is 10.7 Å². The van der Waals surface area contributed by atoms with Crippen LogP contribution in [0.15, 0.2) is 36.5 Å². The van der Waals surface area contributed by atoms with Crippen LogP contribution in [0.1, 0.15) is 23.3 Å². The van der Waals surface area contributed by atoms with Gasteiger partial charge in [0.25, 0.3) is 11.8 Å².